The van der Waals surface area contributed by atoms with Crippen LogP contribution in [0.2, 0.25) is 0 Å². The summed E-state index contributed by atoms with van der Waals surface area (Å²) in [5, 5.41) is 21.6. The number of benzene rings is 1. The van der Waals surface area contributed by atoms with Crippen LogP contribution in [0, 0.1) is 0 Å². The van der Waals surface area contributed by atoms with Gasteiger partial charge in [0.25, 0.3) is 0 Å². The SMILES string of the molecule is CC1(C)CC(OCOCCCCCCCCC(=O)OC2CC(C)(C)NC(C)(C)C2)CC(C)(C)N1.CCCCCc1cc(C(C)(C)C)c(O)c(C(C)(C)C)c1.CCOCOC1CC(C)(C)NC(C)(C)C1.CN1C(C)(C)CC(OCOCOCOC2CC(C)(C)N(C)C(C)(C)C2)CC1(C)C. The van der Waals surface area contributed by atoms with E-state index in [0.29, 0.717) is 31.9 Å². The molecule has 0 aliphatic carbocycles. The fourth-order valence-electron chi connectivity index (χ4n) is 16.6. The molecule has 576 valence electrons. The Morgan fingerprint density at radius 2 is 0.745 bits per heavy atom. The van der Waals surface area contributed by atoms with Crippen LogP contribution < -0.4 is 16.0 Å². The number of nitrogens with zero attached hydrogens (tertiary/aromatic N) is 2. The second-order valence-electron chi connectivity index (χ2n) is 38.6. The molecule has 0 unspecified atom stereocenters. The first kappa shape index (κ1) is 90.2. The minimum Gasteiger partial charge on any atom is -0.507 e. The van der Waals surface area contributed by atoms with Gasteiger partial charge in [-0.15, -0.1) is 0 Å². The summed E-state index contributed by atoms with van der Waals surface area (Å²) in [7, 11) is 4.40. The van der Waals surface area contributed by atoms with Crippen LogP contribution in [0.1, 0.15) is 339 Å². The summed E-state index contributed by atoms with van der Waals surface area (Å²) >= 11 is 0. The lowest BCUT2D eigenvalue weighted by molar-refractivity contribution is -0.209. The first-order chi connectivity index (χ1) is 44.8. The lowest BCUT2D eigenvalue weighted by Crippen LogP contribution is -2.60. The Balaban J connectivity index is 0.000000355. The molecule has 5 fully saturated rings. The number of likely N-dealkylation sites (tertiary alicyclic amines) is 2. The van der Waals surface area contributed by atoms with Gasteiger partial charge in [-0.25, -0.2) is 0 Å². The summed E-state index contributed by atoms with van der Waals surface area (Å²) < 4.78 is 51.6. The highest BCUT2D eigenvalue weighted by atomic mass is 16.8. The van der Waals surface area contributed by atoms with Crippen molar-refractivity contribution < 1.29 is 52.5 Å². The molecule has 5 aliphatic heterocycles. The normalized spacial score (nSPS) is 23.1. The number of phenols is 1. The van der Waals surface area contributed by atoms with E-state index in [0.717, 1.165) is 127 Å². The quantitative estimate of drug-likeness (QED) is 0.0340. The molecule has 6 rings (SSSR count). The summed E-state index contributed by atoms with van der Waals surface area (Å²) in [6, 6.07) is 4.42. The third-order valence-electron chi connectivity index (χ3n) is 21.0. The number of esters is 1. The van der Waals surface area contributed by atoms with Crippen LogP contribution in [0.3, 0.4) is 0 Å². The van der Waals surface area contributed by atoms with Crippen LogP contribution in [0.25, 0.3) is 0 Å². The van der Waals surface area contributed by atoms with Crippen LogP contribution in [0.4, 0.5) is 0 Å². The van der Waals surface area contributed by atoms with Crippen molar-refractivity contribution in [3.8, 4) is 5.75 Å². The lowest BCUT2D eigenvalue weighted by atomic mass is 9.78. The van der Waals surface area contributed by atoms with E-state index >= 15 is 0 Å². The molecule has 16 nitrogen and oxygen atoms in total. The third kappa shape index (κ3) is 33.4. The van der Waals surface area contributed by atoms with Gasteiger partial charge in [-0.1, -0.05) is 99.1 Å². The highest BCUT2D eigenvalue weighted by Gasteiger charge is 2.46. The molecular formula is C82H157N5O11. The van der Waals surface area contributed by atoms with E-state index in [-0.39, 0.29) is 117 Å². The van der Waals surface area contributed by atoms with Crippen molar-refractivity contribution in [3.05, 3.63) is 28.8 Å². The first-order valence-electron chi connectivity index (χ1n) is 38.5. The van der Waals surface area contributed by atoms with Crippen molar-refractivity contribution in [3.63, 3.8) is 0 Å². The molecule has 0 bridgehead atoms. The minimum absolute atomic E-state index is 0.00369. The molecule has 0 aromatic heterocycles. The van der Waals surface area contributed by atoms with Gasteiger partial charge in [0.05, 0.1) is 24.4 Å². The maximum absolute atomic E-state index is 12.3. The van der Waals surface area contributed by atoms with Gasteiger partial charge >= 0.3 is 5.97 Å². The second kappa shape index (κ2) is 38.3. The number of carbonyl (C=O) groups excluding carboxylic acids is 1. The van der Waals surface area contributed by atoms with Gasteiger partial charge < -0.3 is 63.7 Å². The van der Waals surface area contributed by atoms with Crippen LogP contribution in [0.15, 0.2) is 12.1 Å². The Kier molecular flexibility index (Phi) is 35.2. The number of carbonyl (C=O) groups is 1. The fourth-order valence-corrected chi connectivity index (χ4v) is 16.6. The number of nitrogens with one attached hydrogen (secondary N) is 3. The predicted octanol–water partition coefficient (Wildman–Crippen LogP) is 18.1. The third-order valence-corrected chi connectivity index (χ3v) is 21.0. The fraction of sp³-hybridized carbons (Fsp3) is 0.915. The summed E-state index contributed by atoms with van der Waals surface area (Å²) in [4.78, 5) is 17.2. The van der Waals surface area contributed by atoms with Gasteiger partial charge in [0.2, 0.25) is 0 Å². The van der Waals surface area contributed by atoms with E-state index in [2.05, 4.69) is 239 Å². The second-order valence-corrected chi connectivity index (χ2v) is 38.6. The smallest absolute Gasteiger partial charge is 0.306 e. The highest BCUT2D eigenvalue weighted by molar-refractivity contribution is 5.69. The molecule has 5 saturated heterocycles. The van der Waals surface area contributed by atoms with Gasteiger partial charge in [0.15, 0.2) is 6.79 Å². The Bertz CT molecular complexity index is 2290. The highest BCUT2D eigenvalue weighted by Crippen LogP contribution is 2.42. The Morgan fingerprint density at radius 1 is 0.429 bits per heavy atom. The minimum atomic E-state index is -0.0348. The van der Waals surface area contributed by atoms with E-state index in [4.69, 9.17) is 42.6 Å². The van der Waals surface area contributed by atoms with Crippen LogP contribution in [0.5, 0.6) is 5.75 Å². The molecule has 1 aromatic rings. The zero-order valence-electron chi connectivity index (χ0n) is 69.3. The molecule has 0 radical (unpaired) electrons. The van der Waals surface area contributed by atoms with Crippen molar-refractivity contribution in [2.45, 2.75) is 425 Å². The molecule has 0 spiro atoms. The number of unbranched alkanes of at least 4 members (excludes halogenated alkanes) is 7. The van der Waals surface area contributed by atoms with Gasteiger partial charge in [0.1, 0.15) is 39.0 Å². The lowest BCUT2D eigenvalue weighted by Gasteiger charge is -2.53. The zero-order chi connectivity index (χ0) is 74.6. The van der Waals surface area contributed by atoms with Gasteiger partial charge in [-0.2, -0.15) is 0 Å². The molecule has 4 N–H and O–H groups in total. The van der Waals surface area contributed by atoms with Crippen molar-refractivity contribution in [2.75, 3.05) is 61.3 Å². The Morgan fingerprint density at radius 3 is 1.09 bits per heavy atom. The number of aryl methyl sites for hydroxylation is 1. The van der Waals surface area contributed by atoms with Crippen LogP contribution in [-0.4, -0.2) is 168 Å². The molecule has 16 heteroatoms. The molecule has 0 saturated carbocycles. The standard InChI is InChI=1S/C28H54N2O4.C23H46N2O4.C19H32O.C12H25NO2/c1-25(2)17-22(18-26(3,4)29-25)33-21-32-16-14-12-10-9-11-13-15-24(31)34-23-19-27(5,6)30-28(7,8)20-23;1-20(2)11-18(12-21(3,4)24(20)9)28-16-26-15-27-17-29-19-13-22(5,6)25(10)23(7,8)14-19;1-8-9-10-11-14-12-15(18(2,3)4)17(20)16(13-14)19(5,6)7;1-6-14-9-15-10-7-11(2,3)13-12(4,5)8-10/h22-23,29-30H,9-21H2,1-8H3;18-19H,11-17H2,1-10H3;12-13,20H,8-11H2,1-7H3;10,13H,6-9H2,1-5H3. The molecular weight excluding hydrogens is 1230 g/mol. The number of aromatic hydroxyl groups is 1. The maximum Gasteiger partial charge on any atom is 0.306 e. The summed E-state index contributed by atoms with van der Waals surface area (Å²) in [6.07, 6.45) is 22.9. The van der Waals surface area contributed by atoms with Crippen molar-refractivity contribution in [2.24, 2.45) is 0 Å². The zero-order valence-corrected chi connectivity index (χ0v) is 69.3. The molecule has 1 aromatic carbocycles. The molecule has 98 heavy (non-hydrogen) atoms. The molecule has 5 heterocycles. The number of phenolic OH excluding ortho intramolecular Hbond substituents is 1. The van der Waals surface area contributed by atoms with E-state index < -0.39 is 0 Å². The van der Waals surface area contributed by atoms with E-state index in [1.165, 1.54) is 31.2 Å². The number of ether oxygens (including phenoxy) is 9. The van der Waals surface area contributed by atoms with E-state index in [9.17, 15) is 9.90 Å². The van der Waals surface area contributed by atoms with Crippen molar-refractivity contribution >= 4 is 5.97 Å². The summed E-state index contributed by atoms with van der Waals surface area (Å²) in [6.45, 7) is 65.1. The average molecular weight is 1390 g/mol. The number of piperidine rings is 5. The van der Waals surface area contributed by atoms with Crippen LogP contribution in [-0.2, 0) is 64.7 Å². The molecule has 0 amide bonds. The largest absolute Gasteiger partial charge is 0.507 e. The Labute approximate surface area is 602 Å². The van der Waals surface area contributed by atoms with Gasteiger partial charge in [0, 0.05) is 87.9 Å². The van der Waals surface area contributed by atoms with Crippen molar-refractivity contribution in [1.29, 1.82) is 0 Å². The number of hydrogen-bond acceptors (Lipinski definition) is 16. The molecule has 0 atom stereocenters. The number of hydrogen-bond donors (Lipinski definition) is 4. The van der Waals surface area contributed by atoms with Gasteiger partial charge in [-0.3, -0.25) is 14.6 Å². The molecule has 5 aliphatic rings. The summed E-state index contributed by atoms with van der Waals surface area (Å²) in [5.74, 6) is 0.455. The van der Waals surface area contributed by atoms with E-state index in [1.54, 1.807) is 0 Å². The predicted molar refractivity (Wildman–Crippen MR) is 406 cm³/mol. The van der Waals surface area contributed by atoms with Gasteiger partial charge in [-0.05, 0) is 264 Å². The Hall–Kier alpha value is -2.03. The van der Waals surface area contributed by atoms with Crippen LogP contribution >= 0.6 is 0 Å². The summed E-state index contributed by atoms with van der Waals surface area (Å²) in [5.41, 5.74) is 4.46. The van der Waals surface area contributed by atoms with Crippen molar-refractivity contribution in [1.82, 2.24) is 25.8 Å². The monoisotopic (exact) mass is 1390 g/mol. The first-order valence-corrected chi connectivity index (χ1v) is 38.5. The maximum atomic E-state index is 12.3. The number of rotatable bonds is 29. The van der Waals surface area contributed by atoms with E-state index in [1.807, 2.05) is 6.92 Å². The average Bonchev–Trinajstić information content (AvgIpc) is 0.801. The topological polar surface area (TPSA) is 163 Å².